The number of aromatic nitrogens is 5. The van der Waals surface area contributed by atoms with Gasteiger partial charge in [0.15, 0.2) is 0 Å². The number of primary amides is 1. The molecule has 2 heterocycles. The van der Waals surface area contributed by atoms with E-state index in [0.29, 0.717) is 23.6 Å². The van der Waals surface area contributed by atoms with Crippen LogP contribution in [0.1, 0.15) is 79.2 Å². The molecule has 0 saturated heterocycles. The van der Waals surface area contributed by atoms with Crippen molar-refractivity contribution < 1.29 is 9.53 Å². The lowest BCUT2D eigenvalue weighted by atomic mass is 9.84. The lowest BCUT2D eigenvalue weighted by molar-refractivity contribution is 0.0999. The van der Waals surface area contributed by atoms with Gasteiger partial charge >= 0.3 is 0 Å². The van der Waals surface area contributed by atoms with Gasteiger partial charge in [-0.1, -0.05) is 45.0 Å². The molecule has 9 heteroatoms. The molecule has 9 nitrogen and oxygen atoms in total. The maximum absolute atomic E-state index is 12.5. The first-order valence-corrected chi connectivity index (χ1v) is 12.5. The Kier molecular flexibility index (Phi) is 7.35. The molecule has 4 rings (SSSR count). The van der Waals surface area contributed by atoms with Gasteiger partial charge in [-0.15, -0.1) is 0 Å². The second-order valence-electron chi connectivity index (χ2n) is 10.7. The number of nitriles is 1. The van der Waals surface area contributed by atoms with Crippen molar-refractivity contribution in [2.45, 2.75) is 58.5 Å². The SMILES string of the molecule is CC(C)Oc1ccc(C(N)=O)c(C(Cc2ccc(-c3cn(C)c(C(C)(C)C)n3)cc2)c2ncn[nH]2)c1C#N. The van der Waals surface area contributed by atoms with E-state index in [1.54, 1.807) is 12.1 Å². The zero-order chi connectivity index (χ0) is 27.6. The lowest BCUT2D eigenvalue weighted by Crippen LogP contribution is -2.20. The van der Waals surface area contributed by atoms with Crippen molar-refractivity contribution >= 4 is 5.91 Å². The second kappa shape index (κ2) is 10.5. The van der Waals surface area contributed by atoms with Crippen molar-refractivity contribution in [1.82, 2.24) is 24.7 Å². The topological polar surface area (TPSA) is 136 Å². The summed E-state index contributed by atoms with van der Waals surface area (Å²) in [6.45, 7) is 10.2. The van der Waals surface area contributed by atoms with E-state index in [2.05, 4.69) is 46.6 Å². The summed E-state index contributed by atoms with van der Waals surface area (Å²) in [7, 11) is 2.01. The number of hydrogen-bond acceptors (Lipinski definition) is 6. The van der Waals surface area contributed by atoms with Crippen molar-refractivity contribution in [2.24, 2.45) is 12.8 Å². The Bertz CT molecular complexity index is 1470. The summed E-state index contributed by atoms with van der Waals surface area (Å²) < 4.78 is 7.96. The van der Waals surface area contributed by atoms with Crippen molar-refractivity contribution in [3.63, 3.8) is 0 Å². The Balaban J connectivity index is 1.76. The van der Waals surface area contributed by atoms with Gasteiger partial charge in [-0.25, -0.2) is 9.97 Å². The predicted octanol–water partition coefficient (Wildman–Crippen LogP) is 4.64. The molecule has 38 heavy (non-hydrogen) atoms. The van der Waals surface area contributed by atoms with Gasteiger partial charge in [-0.2, -0.15) is 10.4 Å². The molecule has 0 fully saturated rings. The van der Waals surface area contributed by atoms with Crippen LogP contribution in [0.3, 0.4) is 0 Å². The fraction of sp³-hybridized carbons (Fsp3) is 0.345. The predicted molar refractivity (Wildman–Crippen MR) is 145 cm³/mol. The van der Waals surface area contributed by atoms with Crippen molar-refractivity contribution in [2.75, 3.05) is 0 Å². The number of aromatic amines is 1. The average molecular weight is 512 g/mol. The summed E-state index contributed by atoms with van der Waals surface area (Å²) in [6, 6.07) is 13.6. The van der Waals surface area contributed by atoms with E-state index < -0.39 is 11.8 Å². The Morgan fingerprint density at radius 3 is 2.42 bits per heavy atom. The van der Waals surface area contributed by atoms with E-state index in [1.807, 2.05) is 51.4 Å². The van der Waals surface area contributed by atoms with Gasteiger partial charge in [-0.3, -0.25) is 9.89 Å². The standard InChI is InChI=1S/C29H33N7O2/c1-17(2)38-24-12-11-20(26(31)37)25(22(24)14-30)21(27-32-16-33-35-27)13-18-7-9-19(10-8-18)23-15-36(6)28(34-23)29(3,4)5/h7-12,15-17,21H,13H2,1-6H3,(H2,31,37)(H,32,33,35). The van der Waals surface area contributed by atoms with Crippen LogP contribution in [0.2, 0.25) is 0 Å². The number of nitrogens with zero attached hydrogens (tertiary/aromatic N) is 5. The number of rotatable bonds is 8. The molecule has 2 aromatic carbocycles. The smallest absolute Gasteiger partial charge is 0.249 e. The highest BCUT2D eigenvalue weighted by Crippen LogP contribution is 2.36. The van der Waals surface area contributed by atoms with Crippen LogP contribution in [0.5, 0.6) is 5.75 Å². The van der Waals surface area contributed by atoms with Crippen LogP contribution >= 0.6 is 0 Å². The molecule has 2 aromatic heterocycles. The number of carbonyl (C=O) groups is 1. The molecule has 0 radical (unpaired) electrons. The van der Waals surface area contributed by atoms with Crippen molar-refractivity contribution in [3.8, 4) is 23.1 Å². The van der Waals surface area contributed by atoms with Crippen molar-refractivity contribution in [1.29, 1.82) is 5.26 Å². The summed E-state index contributed by atoms with van der Waals surface area (Å²) in [5.41, 5.74) is 9.55. The van der Waals surface area contributed by atoms with Gasteiger partial charge in [-0.05, 0) is 43.5 Å². The molecule has 0 aliphatic heterocycles. The number of nitrogens with two attached hydrogens (primary N) is 1. The molecule has 0 aliphatic rings. The lowest BCUT2D eigenvalue weighted by Gasteiger charge is -2.22. The van der Waals surface area contributed by atoms with Crippen LogP contribution in [0.15, 0.2) is 48.9 Å². The summed E-state index contributed by atoms with van der Waals surface area (Å²) in [5, 5.41) is 17.1. The average Bonchev–Trinajstić information content (AvgIpc) is 3.52. The summed E-state index contributed by atoms with van der Waals surface area (Å²) >= 11 is 0. The molecule has 0 aliphatic carbocycles. The van der Waals surface area contributed by atoms with Crippen LogP contribution in [0.25, 0.3) is 11.3 Å². The zero-order valence-corrected chi connectivity index (χ0v) is 22.6. The summed E-state index contributed by atoms with van der Waals surface area (Å²) in [6.07, 6.45) is 3.73. The molecule has 3 N–H and O–H groups in total. The minimum Gasteiger partial charge on any atom is -0.490 e. The first-order chi connectivity index (χ1) is 18.0. The number of aryl methyl sites for hydroxylation is 1. The maximum atomic E-state index is 12.5. The van der Waals surface area contributed by atoms with Gasteiger partial charge in [0, 0.05) is 35.7 Å². The molecular formula is C29H33N7O2. The molecule has 1 atom stereocenters. The molecule has 4 aromatic rings. The molecular weight excluding hydrogens is 478 g/mol. The van der Waals surface area contributed by atoms with Crippen molar-refractivity contribution in [3.05, 3.63) is 82.8 Å². The largest absolute Gasteiger partial charge is 0.490 e. The van der Waals surface area contributed by atoms with E-state index in [0.717, 1.165) is 22.6 Å². The number of hydrogen-bond donors (Lipinski definition) is 2. The Morgan fingerprint density at radius 1 is 1.18 bits per heavy atom. The van der Waals surface area contributed by atoms with Gasteiger partial charge in [0.2, 0.25) is 5.91 Å². The number of ether oxygens (including phenoxy) is 1. The molecule has 0 saturated carbocycles. The number of nitrogens with one attached hydrogen (secondary N) is 1. The zero-order valence-electron chi connectivity index (χ0n) is 22.6. The number of carbonyl (C=O) groups excluding carboxylic acids is 1. The van der Waals surface area contributed by atoms with E-state index in [9.17, 15) is 10.1 Å². The highest BCUT2D eigenvalue weighted by atomic mass is 16.5. The minimum absolute atomic E-state index is 0.0678. The van der Waals surface area contributed by atoms with E-state index in [1.165, 1.54) is 6.33 Å². The number of amides is 1. The number of H-pyrrole nitrogens is 1. The van der Waals surface area contributed by atoms with Gasteiger partial charge in [0.25, 0.3) is 0 Å². The van der Waals surface area contributed by atoms with Crippen LogP contribution in [-0.4, -0.2) is 36.7 Å². The van der Waals surface area contributed by atoms with Crippen LogP contribution < -0.4 is 10.5 Å². The number of imidazole rings is 1. The molecule has 1 amide bonds. The normalized spacial score (nSPS) is 12.4. The second-order valence-corrected chi connectivity index (χ2v) is 10.7. The molecule has 196 valence electrons. The van der Waals surface area contributed by atoms with E-state index in [-0.39, 0.29) is 22.6 Å². The number of benzene rings is 2. The highest BCUT2D eigenvalue weighted by molar-refractivity contribution is 5.95. The van der Waals surface area contributed by atoms with Gasteiger partial charge in [0.1, 0.15) is 29.8 Å². The Hall–Kier alpha value is -4.45. The van der Waals surface area contributed by atoms with E-state index >= 15 is 0 Å². The van der Waals surface area contributed by atoms with E-state index in [4.69, 9.17) is 15.5 Å². The maximum Gasteiger partial charge on any atom is 0.249 e. The fourth-order valence-electron chi connectivity index (χ4n) is 4.71. The Morgan fingerprint density at radius 2 is 1.89 bits per heavy atom. The first-order valence-electron chi connectivity index (χ1n) is 12.5. The molecule has 0 spiro atoms. The highest BCUT2D eigenvalue weighted by Gasteiger charge is 2.29. The Labute approximate surface area is 222 Å². The molecule has 1 unspecified atom stereocenters. The molecule has 0 bridgehead atoms. The first kappa shape index (κ1) is 26.6. The third-order valence-corrected chi connectivity index (χ3v) is 6.30. The van der Waals surface area contributed by atoms with Crippen LogP contribution in [-0.2, 0) is 18.9 Å². The van der Waals surface area contributed by atoms with Crippen LogP contribution in [0, 0.1) is 11.3 Å². The quantitative estimate of drug-likeness (QED) is 0.354. The van der Waals surface area contributed by atoms with Crippen LogP contribution in [0.4, 0.5) is 0 Å². The summed E-state index contributed by atoms with van der Waals surface area (Å²) in [5.74, 6) is 0.811. The third kappa shape index (κ3) is 5.44. The summed E-state index contributed by atoms with van der Waals surface area (Å²) in [4.78, 5) is 21.7. The fourth-order valence-corrected chi connectivity index (χ4v) is 4.71. The monoisotopic (exact) mass is 511 g/mol. The minimum atomic E-state index is -0.628. The van der Waals surface area contributed by atoms with Gasteiger partial charge in [0.05, 0.1) is 17.4 Å². The van der Waals surface area contributed by atoms with Gasteiger partial charge < -0.3 is 15.0 Å². The third-order valence-electron chi connectivity index (χ3n) is 6.30.